The first-order valence-corrected chi connectivity index (χ1v) is 10.9. The van der Waals surface area contributed by atoms with Gasteiger partial charge in [0.2, 0.25) is 26.6 Å². The third-order valence-corrected chi connectivity index (χ3v) is 6.44. The highest BCUT2D eigenvalue weighted by Crippen LogP contribution is 2.36. The molecule has 0 aliphatic carbocycles. The Bertz CT molecular complexity index is 1150. The number of nitrogens with zero attached hydrogens (tertiary/aromatic N) is 2. The number of ether oxygens (including phenoxy) is 1. The molecular formula is C21H20F2N2O4S. The van der Waals surface area contributed by atoms with Gasteiger partial charge in [0.1, 0.15) is 11.6 Å². The molecular weight excluding hydrogens is 414 g/mol. The summed E-state index contributed by atoms with van der Waals surface area (Å²) in [7, 11) is -4.15. The predicted molar refractivity (Wildman–Crippen MR) is 106 cm³/mol. The van der Waals surface area contributed by atoms with E-state index in [1.54, 1.807) is 11.0 Å². The third-order valence-electron chi connectivity index (χ3n) is 4.77. The van der Waals surface area contributed by atoms with Crippen LogP contribution in [0.25, 0.3) is 11.5 Å². The average Bonchev–Trinajstić information content (AvgIpc) is 3.14. The maximum absolute atomic E-state index is 14.3. The van der Waals surface area contributed by atoms with Crippen molar-refractivity contribution < 1.29 is 26.4 Å². The quantitative estimate of drug-likeness (QED) is 0.577. The highest BCUT2D eigenvalue weighted by molar-refractivity contribution is 7.91. The zero-order chi connectivity index (χ0) is 21.5. The number of hydrogen-bond donors (Lipinski definition) is 0. The molecule has 158 valence electrons. The number of benzene rings is 2. The summed E-state index contributed by atoms with van der Waals surface area (Å²) in [6, 6.07) is 10.3. The molecule has 2 heterocycles. The van der Waals surface area contributed by atoms with Gasteiger partial charge < -0.3 is 14.1 Å². The van der Waals surface area contributed by atoms with E-state index in [4.69, 9.17) is 9.15 Å². The Hall–Kier alpha value is -2.78. The molecule has 1 aliphatic heterocycles. The Kier molecular flexibility index (Phi) is 5.33. The minimum Gasteiger partial charge on any atom is -0.419 e. The molecule has 2 atom stereocenters. The second-order valence-electron chi connectivity index (χ2n) is 7.23. The van der Waals surface area contributed by atoms with Crippen LogP contribution >= 0.6 is 0 Å². The maximum atomic E-state index is 14.3. The number of hydrogen-bond acceptors (Lipinski definition) is 6. The van der Waals surface area contributed by atoms with Gasteiger partial charge in [-0.1, -0.05) is 12.1 Å². The van der Waals surface area contributed by atoms with E-state index >= 15 is 0 Å². The summed E-state index contributed by atoms with van der Waals surface area (Å²) in [6.45, 7) is 4.49. The minimum atomic E-state index is -4.15. The van der Waals surface area contributed by atoms with E-state index in [1.807, 2.05) is 13.8 Å². The molecule has 4 rings (SSSR count). The van der Waals surface area contributed by atoms with Gasteiger partial charge in [-0.2, -0.15) is 4.98 Å². The van der Waals surface area contributed by atoms with Gasteiger partial charge in [-0.05, 0) is 50.2 Å². The van der Waals surface area contributed by atoms with E-state index < -0.39 is 21.5 Å². The lowest BCUT2D eigenvalue weighted by Crippen LogP contribution is -2.45. The van der Waals surface area contributed by atoms with Crippen LogP contribution in [0.15, 0.2) is 62.9 Å². The van der Waals surface area contributed by atoms with Gasteiger partial charge in [0.15, 0.2) is 0 Å². The van der Waals surface area contributed by atoms with Gasteiger partial charge >= 0.3 is 0 Å². The fourth-order valence-electron chi connectivity index (χ4n) is 3.49. The number of halogens is 2. The van der Waals surface area contributed by atoms with Crippen LogP contribution in [0.5, 0.6) is 0 Å². The van der Waals surface area contributed by atoms with Crippen LogP contribution in [0.2, 0.25) is 0 Å². The van der Waals surface area contributed by atoms with Gasteiger partial charge in [0, 0.05) is 13.1 Å². The van der Waals surface area contributed by atoms with Crippen molar-refractivity contribution in [3.8, 4) is 11.5 Å². The van der Waals surface area contributed by atoms with Gasteiger partial charge in [0.25, 0.3) is 0 Å². The topological polar surface area (TPSA) is 72.6 Å². The monoisotopic (exact) mass is 434 g/mol. The summed E-state index contributed by atoms with van der Waals surface area (Å²) < 4.78 is 65.8. The molecule has 1 saturated heterocycles. The molecule has 0 bridgehead atoms. The van der Waals surface area contributed by atoms with Gasteiger partial charge in [-0.25, -0.2) is 17.2 Å². The molecule has 1 aromatic heterocycles. The number of morpholine rings is 1. The van der Waals surface area contributed by atoms with Gasteiger partial charge in [-0.3, -0.25) is 0 Å². The number of anilines is 1. The maximum Gasteiger partial charge on any atom is 0.236 e. The molecule has 2 aromatic carbocycles. The smallest absolute Gasteiger partial charge is 0.236 e. The number of aromatic nitrogens is 1. The Morgan fingerprint density at radius 2 is 1.63 bits per heavy atom. The number of oxazole rings is 1. The molecule has 0 N–H and O–H groups in total. The first-order valence-electron chi connectivity index (χ1n) is 9.42. The third kappa shape index (κ3) is 3.82. The van der Waals surface area contributed by atoms with E-state index in [0.29, 0.717) is 13.1 Å². The van der Waals surface area contributed by atoms with Crippen LogP contribution in [-0.4, -0.2) is 38.7 Å². The molecule has 0 saturated carbocycles. The first-order chi connectivity index (χ1) is 14.3. The fourth-order valence-corrected chi connectivity index (χ4v) is 4.81. The molecule has 9 heteroatoms. The summed E-state index contributed by atoms with van der Waals surface area (Å²) >= 11 is 0. The molecule has 6 nitrogen and oxygen atoms in total. The largest absolute Gasteiger partial charge is 0.419 e. The highest BCUT2D eigenvalue weighted by atomic mass is 32.2. The van der Waals surface area contributed by atoms with Crippen LogP contribution in [-0.2, 0) is 14.6 Å². The van der Waals surface area contributed by atoms with Crippen LogP contribution in [0.3, 0.4) is 0 Å². The summed E-state index contributed by atoms with van der Waals surface area (Å²) in [6.07, 6.45) is -0.339. The summed E-state index contributed by atoms with van der Waals surface area (Å²) in [4.78, 5) is 5.76. The van der Waals surface area contributed by atoms with Crippen LogP contribution < -0.4 is 4.90 Å². The van der Waals surface area contributed by atoms with Gasteiger partial charge in [0.05, 0.1) is 22.7 Å². The van der Waals surface area contributed by atoms with E-state index in [0.717, 1.165) is 24.3 Å². The lowest BCUT2D eigenvalue weighted by molar-refractivity contribution is -0.00657. The second kappa shape index (κ2) is 7.81. The van der Waals surface area contributed by atoms with Crippen molar-refractivity contribution in [2.75, 3.05) is 18.0 Å². The van der Waals surface area contributed by atoms with Gasteiger partial charge in [-0.15, -0.1) is 0 Å². The normalized spacial score (nSPS) is 19.8. The Balaban J connectivity index is 1.87. The summed E-state index contributed by atoms with van der Waals surface area (Å²) in [5, 5.41) is -0.339. The zero-order valence-electron chi connectivity index (χ0n) is 16.4. The van der Waals surface area contributed by atoms with Crippen LogP contribution in [0.1, 0.15) is 13.8 Å². The summed E-state index contributed by atoms with van der Waals surface area (Å²) in [5.41, 5.74) is 0.0497. The standard InChI is InChI=1S/C21H20F2N2O4S/c1-13-11-25(12-14(2)28-13)21-20(30(26,27)16-9-7-15(22)8-10-16)24-19(29-21)17-5-3-4-6-18(17)23/h3-10,13-14H,11-12H2,1-2H3/t13-,14-/m0/s1. The number of rotatable bonds is 4. The van der Waals surface area contributed by atoms with Crippen LogP contribution in [0, 0.1) is 11.6 Å². The highest BCUT2D eigenvalue weighted by Gasteiger charge is 2.34. The van der Waals surface area contributed by atoms with Crippen molar-refractivity contribution in [1.29, 1.82) is 0 Å². The van der Waals surface area contributed by atoms with Crippen molar-refractivity contribution in [3.05, 3.63) is 60.2 Å². The predicted octanol–water partition coefficient (Wildman–Crippen LogP) is 4.07. The summed E-state index contributed by atoms with van der Waals surface area (Å²) in [5.74, 6) is -1.27. The van der Waals surface area contributed by atoms with Crippen molar-refractivity contribution in [1.82, 2.24) is 4.98 Å². The number of sulfone groups is 1. The lowest BCUT2D eigenvalue weighted by atomic mass is 10.2. The van der Waals surface area contributed by atoms with Crippen molar-refractivity contribution in [2.24, 2.45) is 0 Å². The molecule has 0 spiro atoms. The van der Waals surface area contributed by atoms with E-state index in [9.17, 15) is 17.2 Å². The molecule has 1 fully saturated rings. The fraction of sp³-hybridized carbons (Fsp3) is 0.286. The first kappa shape index (κ1) is 20.5. The van der Waals surface area contributed by atoms with E-state index in [-0.39, 0.29) is 39.5 Å². The second-order valence-corrected chi connectivity index (χ2v) is 9.09. The molecule has 3 aromatic rings. The molecule has 0 radical (unpaired) electrons. The molecule has 1 aliphatic rings. The molecule has 0 amide bonds. The Morgan fingerprint density at radius 3 is 2.27 bits per heavy atom. The van der Waals surface area contributed by atoms with Crippen molar-refractivity contribution >= 4 is 15.7 Å². The molecule has 30 heavy (non-hydrogen) atoms. The zero-order valence-corrected chi connectivity index (χ0v) is 17.2. The van der Waals surface area contributed by atoms with Crippen molar-refractivity contribution in [3.63, 3.8) is 0 Å². The van der Waals surface area contributed by atoms with E-state index in [2.05, 4.69) is 4.98 Å². The SMILES string of the molecule is C[C@H]1CN(c2oc(-c3ccccc3F)nc2S(=O)(=O)c2ccc(F)cc2)C[C@H](C)O1. The van der Waals surface area contributed by atoms with Crippen molar-refractivity contribution in [2.45, 2.75) is 36.0 Å². The average molecular weight is 434 g/mol. The lowest BCUT2D eigenvalue weighted by Gasteiger charge is -2.35. The van der Waals surface area contributed by atoms with Crippen LogP contribution in [0.4, 0.5) is 14.7 Å². The Morgan fingerprint density at radius 1 is 1.00 bits per heavy atom. The Labute approximate surface area is 173 Å². The minimum absolute atomic E-state index is 0.0135. The molecule has 0 unspecified atom stereocenters. The van der Waals surface area contributed by atoms with E-state index in [1.165, 1.54) is 18.2 Å².